The molecule has 0 saturated carbocycles. The third-order valence-corrected chi connectivity index (χ3v) is 5.44. The van der Waals surface area contributed by atoms with Crippen LogP contribution in [0.1, 0.15) is 87.2 Å². The second-order valence-electron chi connectivity index (χ2n) is 8.21. The molecule has 0 aliphatic carbocycles. The first-order valence-electron chi connectivity index (χ1n) is 12.2. The zero-order valence-electron chi connectivity index (χ0n) is 19.6. The van der Waals surface area contributed by atoms with Crippen LogP contribution in [-0.4, -0.2) is 35.7 Å². The lowest BCUT2D eigenvalue weighted by Gasteiger charge is -2.08. The maximum Gasteiger partial charge on any atom is 0.168 e. The van der Waals surface area contributed by atoms with Crippen LogP contribution >= 0.6 is 0 Å². The normalized spacial score (nSPS) is 10.8. The monoisotopic (exact) mass is 441 g/mol. The maximum absolute atomic E-state index is 12.5. The molecule has 0 saturated heterocycles. The average Bonchev–Trinajstić information content (AvgIpc) is 2.82. The highest BCUT2D eigenvalue weighted by molar-refractivity contribution is 5.97. The first-order valence-corrected chi connectivity index (χ1v) is 12.2. The van der Waals surface area contributed by atoms with Crippen molar-refractivity contribution in [1.29, 1.82) is 0 Å². The Morgan fingerprint density at radius 1 is 0.781 bits per heavy atom. The van der Waals surface area contributed by atoms with E-state index in [-0.39, 0.29) is 25.4 Å². The van der Waals surface area contributed by atoms with E-state index < -0.39 is 0 Å². The smallest absolute Gasteiger partial charge is 0.168 e. The predicted molar refractivity (Wildman–Crippen MR) is 129 cm³/mol. The van der Waals surface area contributed by atoms with E-state index in [1.807, 2.05) is 24.3 Å². The SMILES string of the molecule is CCCCCCCCCCCCOc1ccc(C(=O)Cc2ccc(OCCO)cn2)cc1. The number of unbranched alkanes of at least 4 members (excludes halogenated alkanes) is 9. The fourth-order valence-electron chi connectivity index (χ4n) is 3.55. The maximum atomic E-state index is 12.5. The van der Waals surface area contributed by atoms with Gasteiger partial charge in [-0.1, -0.05) is 64.7 Å². The molecule has 5 heteroatoms. The van der Waals surface area contributed by atoms with Crippen LogP contribution in [0.4, 0.5) is 0 Å². The number of hydrogen-bond donors (Lipinski definition) is 1. The molecule has 0 spiro atoms. The summed E-state index contributed by atoms with van der Waals surface area (Å²) >= 11 is 0. The molecule has 0 bridgehead atoms. The highest BCUT2D eigenvalue weighted by Gasteiger charge is 2.09. The minimum absolute atomic E-state index is 0.0165. The molecule has 1 aromatic carbocycles. The van der Waals surface area contributed by atoms with E-state index in [2.05, 4.69) is 11.9 Å². The van der Waals surface area contributed by atoms with Crippen LogP contribution in [-0.2, 0) is 6.42 Å². The molecule has 1 aromatic heterocycles. The van der Waals surface area contributed by atoms with Crippen molar-refractivity contribution in [2.75, 3.05) is 19.8 Å². The number of ether oxygens (including phenoxy) is 2. The van der Waals surface area contributed by atoms with Gasteiger partial charge in [-0.15, -0.1) is 0 Å². The highest BCUT2D eigenvalue weighted by Crippen LogP contribution is 2.16. The van der Waals surface area contributed by atoms with Crippen LogP contribution < -0.4 is 9.47 Å². The molecule has 5 nitrogen and oxygen atoms in total. The molecule has 0 unspecified atom stereocenters. The van der Waals surface area contributed by atoms with E-state index >= 15 is 0 Å². The number of ketones is 1. The van der Waals surface area contributed by atoms with Gasteiger partial charge in [0, 0.05) is 11.3 Å². The van der Waals surface area contributed by atoms with Crippen molar-refractivity contribution in [3.63, 3.8) is 0 Å². The van der Waals surface area contributed by atoms with Crippen LogP contribution in [0.2, 0.25) is 0 Å². The summed E-state index contributed by atoms with van der Waals surface area (Å²) in [5.74, 6) is 1.41. The van der Waals surface area contributed by atoms with Gasteiger partial charge in [0.05, 0.1) is 25.8 Å². The zero-order valence-corrected chi connectivity index (χ0v) is 19.6. The second-order valence-corrected chi connectivity index (χ2v) is 8.21. The zero-order chi connectivity index (χ0) is 22.9. The third kappa shape index (κ3) is 10.8. The molecular weight excluding hydrogens is 402 g/mol. The summed E-state index contributed by atoms with van der Waals surface area (Å²) in [6.45, 7) is 3.17. The molecule has 2 rings (SSSR count). The Kier molecular flexibility index (Phi) is 13.1. The summed E-state index contributed by atoms with van der Waals surface area (Å²) in [4.78, 5) is 16.8. The van der Waals surface area contributed by atoms with Gasteiger partial charge in [0.1, 0.15) is 18.1 Å². The lowest BCUT2D eigenvalue weighted by atomic mass is 10.1. The van der Waals surface area contributed by atoms with Crippen molar-refractivity contribution in [2.24, 2.45) is 0 Å². The number of hydrogen-bond acceptors (Lipinski definition) is 5. The van der Waals surface area contributed by atoms with E-state index in [0.717, 1.165) is 18.8 Å². The molecule has 1 N–H and O–H groups in total. The van der Waals surface area contributed by atoms with Crippen molar-refractivity contribution in [2.45, 2.75) is 77.6 Å². The summed E-state index contributed by atoms with van der Waals surface area (Å²) in [5, 5.41) is 8.78. The lowest BCUT2D eigenvalue weighted by molar-refractivity contribution is 0.0992. The Labute approximate surface area is 193 Å². The molecule has 0 aliphatic rings. The van der Waals surface area contributed by atoms with Crippen LogP contribution in [0, 0.1) is 0 Å². The van der Waals surface area contributed by atoms with Crippen molar-refractivity contribution >= 4 is 5.78 Å². The number of aromatic nitrogens is 1. The Hall–Kier alpha value is -2.40. The summed E-state index contributed by atoms with van der Waals surface area (Å²) in [6, 6.07) is 10.9. The third-order valence-electron chi connectivity index (χ3n) is 5.44. The summed E-state index contributed by atoms with van der Waals surface area (Å²) in [7, 11) is 0. The van der Waals surface area contributed by atoms with Gasteiger partial charge < -0.3 is 14.6 Å². The molecule has 32 heavy (non-hydrogen) atoms. The summed E-state index contributed by atoms with van der Waals surface area (Å²) in [5.41, 5.74) is 1.34. The van der Waals surface area contributed by atoms with E-state index in [1.54, 1.807) is 18.3 Å². The first kappa shape index (κ1) is 25.9. The van der Waals surface area contributed by atoms with Crippen LogP contribution in [0.3, 0.4) is 0 Å². The van der Waals surface area contributed by atoms with Gasteiger partial charge in [-0.05, 0) is 42.8 Å². The number of Topliss-reactive ketones (excluding diaryl/α,β-unsaturated/α-hetero) is 1. The molecule has 176 valence electrons. The van der Waals surface area contributed by atoms with Crippen molar-refractivity contribution in [3.05, 3.63) is 53.9 Å². The van der Waals surface area contributed by atoms with Gasteiger partial charge in [-0.3, -0.25) is 9.78 Å². The van der Waals surface area contributed by atoms with Crippen molar-refractivity contribution in [3.8, 4) is 11.5 Å². The highest BCUT2D eigenvalue weighted by atomic mass is 16.5. The van der Waals surface area contributed by atoms with E-state index in [0.29, 0.717) is 17.0 Å². The van der Waals surface area contributed by atoms with E-state index in [4.69, 9.17) is 14.6 Å². The fourth-order valence-corrected chi connectivity index (χ4v) is 3.55. The Bertz CT molecular complexity index is 743. The van der Waals surface area contributed by atoms with Gasteiger partial charge >= 0.3 is 0 Å². The molecular formula is C27H39NO4. The van der Waals surface area contributed by atoms with Gasteiger partial charge in [0.25, 0.3) is 0 Å². The number of aliphatic hydroxyl groups is 1. The van der Waals surface area contributed by atoms with Crippen LogP contribution in [0.15, 0.2) is 42.6 Å². The topological polar surface area (TPSA) is 68.7 Å². The number of nitrogens with zero attached hydrogens (tertiary/aromatic N) is 1. The molecule has 0 amide bonds. The molecule has 0 aliphatic heterocycles. The van der Waals surface area contributed by atoms with Crippen LogP contribution in [0.25, 0.3) is 0 Å². The first-order chi connectivity index (χ1) is 15.7. The average molecular weight is 442 g/mol. The minimum atomic E-state index is -0.0425. The summed E-state index contributed by atoms with van der Waals surface area (Å²) < 4.78 is 11.1. The van der Waals surface area contributed by atoms with Crippen LogP contribution in [0.5, 0.6) is 11.5 Å². The van der Waals surface area contributed by atoms with Gasteiger partial charge in [-0.25, -0.2) is 0 Å². The predicted octanol–water partition coefficient (Wildman–Crippen LogP) is 6.18. The lowest BCUT2D eigenvalue weighted by Crippen LogP contribution is -2.06. The fraction of sp³-hybridized carbons (Fsp3) is 0.556. The standard InChI is InChI=1S/C27H39NO4/c1-2-3-4-5-6-7-8-9-10-11-19-31-25-15-12-23(13-16-25)27(30)21-24-14-17-26(22-28-24)32-20-18-29/h12-17,22,29H,2-11,18-21H2,1H3. The number of rotatable bonds is 18. The quantitative estimate of drug-likeness (QED) is 0.221. The number of carbonyl (C=O) groups excluding carboxylic acids is 1. The Morgan fingerprint density at radius 2 is 1.38 bits per heavy atom. The molecule has 0 atom stereocenters. The molecule has 0 radical (unpaired) electrons. The minimum Gasteiger partial charge on any atom is -0.494 e. The van der Waals surface area contributed by atoms with Crippen molar-refractivity contribution in [1.82, 2.24) is 4.98 Å². The number of benzene rings is 1. The molecule has 0 fully saturated rings. The number of aliphatic hydroxyl groups excluding tert-OH is 1. The van der Waals surface area contributed by atoms with E-state index in [1.165, 1.54) is 57.8 Å². The summed E-state index contributed by atoms with van der Waals surface area (Å²) in [6.07, 6.45) is 14.9. The molecule has 2 aromatic rings. The Balaban J connectivity index is 1.59. The largest absolute Gasteiger partial charge is 0.494 e. The number of carbonyl (C=O) groups is 1. The van der Waals surface area contributed by atoms with Gasteiger partial charge in [0.15, 0.2) is 5.78 Å². The second kappa shape index (κ2) is 16.3. The van der Waals surface area contributed by atoms with Crippen molar-refractivity contribution < 1.29 is 19.4 Å². The molecule has 1 heterocycles. The van der Waals surface area contributed by atoms with Gasteiger partial charge in [0.2, 0.25) is 0 Å². The number of pyridine rings is 1. The van der Waals surface area contributed by atoms with E-state index in [9.17, 15) is 4.79 Å². The Morgan fingerprint density at radius 3 is 1.97 bits per heavy atom. The van der Waals surface area contributed by atoms with Gasteiger partial charge in [-0.2, -0.15) is 0 Å².